The molecule has 0 bridgehead atoms. The van der Waals surface area contributed by atoms with Crippen molar-refractivity contribution < 1.29 is 14.3 Å². The largest absolute Gasteiger partial charge is 0.463 e. The molecule has 1 N–H and O–H groups in total. The Morgan fingerprint density at radius 1 is 1.32 bits per heavy atom. The molecule has 28 heavy (non-hydrogen) atoms. The molecule has 0 saturated heterocycles. The van der Waals surface area contributed by atoms with E-state index in [1.807, 2.05) is 30.7 Å². The van der Waals surface area contributed by atoms with Crippen molar-refractivity contribution in [1.29, 1.82) is 0 Å². The predicted molar refractivity (Wildman–Crippen MR) is 111 cm³/mol. The number of carbonyl (C=O) groups excluding carboxylic acids is 2. The summed E-state index contributed by atoms with van der Waals surface area (Å²) in [5.74, 6) is -0.343. The van der Waals surface area contributed by atoms with E-state index in [-0.39, 0.29) is 12.0 Å². The van der Waals surface area contributed by atoms with E-state index >= 15 is 0 Å². The highest BCUT2D eigenvalue weighted by Crippen LogP contribution is 2.33. The van der Waals surface area contributed by atoms with Crippen molar-refractivity contribution >= 4 is 23.3 Å². The highest BCUT2D eigenvalue weighted by Gasteiger charge is 2.38. The fraction of sp³-hybridized carbons (Fsp3) is 0.619. The predicted octanol–water partition coefficient (Wildman–Crippen LogP) is 3.92. The van der Waals surface area contributed by atoms with E-state index in [1.165, 1.54) is 32.1 Å². The van der Waals surface area contributed by atoms with Crippen LogP contribution in [0.3, 0.4) is 0 Å². The van der Waals surface area contributed by atoms with Crippen LogP contribution < -0.4 is 5.32 Å². The second-order valence-corrected chi connectivity index (χ2v) is 8.25. The van der Waals surface area contributed by atoms with Gasteiger partial charge in [-0.3, -0.25) is 9.80 Å². The molecule has 2 amide bonds. The molecule has 1 aromatic rings. The summed E-state index contributed by atoms with van der Waals surface area (Å²) in [7, 11) is 2.10. The summed E-state index contributed by atoms with van der Waals surface area (Å²) in [5.41, 5.74) is 2.26. The van der Waals surface area contributed by atoms with Gasteiger partial charge in [-0.2, -0.15) is 11.3 Å². The molecular weight excluding hydrogens is 374 g/mol. The summed E-state index contributed by atoms with van der Waals surface area (Å²) in [5, 5.41) is 6.95. The van der Waals surface area contributed by atoms with Crippen molar-refractivity contribution in [3.05, 3.63) is 33.7 Å². The molecule has 1 saturated carbocycles. The molecule has 0 aromatic carbocycles. The average molecular weight is 406 g/mol. The molecule has 3 rings (SSSR count). The molecule has 1 aliphatic carbocycles. The Balaban J connectivity index is 2.00. The Kier molecular flexibility index (Phi) is 7.13. The second-order valence-electron chi connectivity index (χ2n) is 7.47. The monoisotopic (exact) mass is 405 g/mol. The van der Waals surface area contributed by atoms with Crippen LogP contribution in [-0.2, 0) is 9.53 Å². The van der Waals surface area contributed by atoms with Crippen LogP contribution in [-0.4, -0.2) is 54.6 Å². The maximum atomic E-state index is 13.0. The lowest BCUT2D eigenvalue weighted by Gasteiger charge is -2.39. The number of hydrogen-bond acceptors (Lipinski definition) is 5. The van der Waals surface area contributed by atoms with Crippen LogP contribution in [0, 0.1) is 0 Å². The summed E-state index contributed by atoms with van der Waals surface area (Å²) in [6.45, 7) is 5.14. The number of esters is 1. The summed E-state index contributed by atoms with van der Waals surface area (Å²) in [6, 6.07) is 1.83. The van der Waals surface area contributed by atoms with Gasteiger partial charge in [0.15, 0.2) is 0 Å². The fourth-order valence-electron chi connectivity index (χ4n) is 4.23. The van der Waals surface area contributed by atoms with Crippen LogP contribution in [0.25, 0.3) is 0 Å². The van der Waals surface area contributed by atoms with Gasteiger partial charge in [-0.25, -0.2) is 9.59 Å². The van der Waals surface area contributed by atoms with Gasteiger partial charge in [0, 0.05) is 24.8 Å². The minimum absolute atomic E-state index is 0.154. The van der Waals surface area contributed by atoms with E-state index in [2.05, 4.69) is 17.3 Å². The van der Waals surface area contributed by atoms with Crippen LogP contribution in [0.1, 0.15) is 57.6 Å². The maximum Gasteiger partial charge on any atom is 0.338 e. The molecule has 7 heteroatoms. The summed E-state index contributed by atoms with van der Waals surface area (Å²) < 4.78 is 5.41. The third kappa shape index (κ3) is 4.41. The molecule has 0 unspecified atom stereocenters. The Labute approximate surface area is 171 Å². The van der Waals surface area contributed by atoms with Gasteiger partial charge < -0.3 is 10.1 Å². The smallest absolute Gasteiger partial charge is 0.338 e. The lowest BCUT2D eigenvalue weighted by atomic mass is 9.93. The van der Waals surface area contributed by atoms with Crippen LogP contribution in [0.2, 0.25) is 0 Å². The minimum Gasteiger partial charge on any atom is -0.463 e. The van der Waals surface area contributed by atoms with Gasteiger partial charge in [-0.15, -0.1) is 0 Å². The molecule has 1 fully saturated rings. The van der Waals surface area contributed by atoms with Gasteiger partial charge in [0.1, 0.15) is 0 Å². The maximum absolute atomic E-state index is 13.0. The van der Waals surface area contributed by atoms with Gasteiger partial charge in [-0.05, 0) is 56.1 Å². The fourth-order valence-corrected chi connectivity index (χ4v) is 4.92. The molecule has 0 spiro atoms. The highest BCUT2D eigenvalue weighted by atomic mass is 32.1. The number of rotatable bonds is 7. The van der Waals surface area contributed by atoms with E-state index in [1.54, 1.807) is 16.2 Å². The van der Waals surface area contributed by atoms with Crippen LogP contribution in [0.15, 0.2) is 28.1 Å². The zero-order valence-corrected chi connectivity index (χ0v) is 17.9. The van der Waals surface area contributed by atoms with Crippen molar-refractivity contribution in [1.82, 2.24) is 15.1 Å². The summed E-state index contributed by atoms with van der Waals surface area (Å²) in [4.78, 5) is 29.8. The topological polar surface area (TPSA) is 61.9 Å². The normalized spacial score (nSPS) is 21.2. The zero-order chi connectivity index (χ0) is 20.1. The Bertz CT molecular complexity index is 710. The van der Waals surface area contributed by atoms with Gasteiger partial charge in [0.05, 0.1) is 18.2 Å². The SMILES string of the molecule is CCOC(=O)C1=C(CN(C)C2CCCCC2)N(CC)C(=O)N[C@@H]1c1ccsc1. The van der Waals surface area contributed by atoms with Gasteiger partial charge in [0.25, 0.3) is 0 Å². The van der Waals surface area contributed by atoms with Crippen LogP contribution in [0.4, 0.5) is 4.79 Å². The first-order valence-corrected chi connectivity index (χ1v) is 11.2. The number of likely N-dealkylation sites (N-methyl/N-ethyl adjacent to an activating group) is 2. The molecule has 1 aliphatic heterocycles. The number of carbonyl (C=O) groups is 2. The van der Waals surface area contributed by atoms with E-state index in [9.17, 15) is 9.59 Å². The third-order valence-corrected chi connectivity index (χ3v) is 6.43. The quantitative estimate of drug-likeness (QED) is 0.699. The number of ether oxygens (including phenoxy) is 1. The third-order valence-electron chi connectivity index (χ3n) is 5.72. The average Bonchev–Trinajstić information content (AvgIpc) is 3.23. The lowest BCUT2D eigenvalue weighted by molar-refractivity contribution is -0.139. The Morgan fingerprint density at radius 3 is 2.68 bits per heavy atom. The summed E-state index contributed by atoms with van der Waals surface area (Å²) in [6.07, 6.45) is 6.13. The van der Waals surface area contributed by atoms with Crippen molar-refractivity contribution in [3.8, 4) is 0 Å². The molecule has 1 aromatic heterocycles. The number of thiophene rings is 1. The van der Waals surface area contributed by atoms with Crippen molar-refractivity contribution in [2.75, 3.05) is 26.7 Å². The van der Waals surface area contributed by atoms with Gasteiger partial charge in [-0.1, -0.05) is 19.3 Å². The second kappa shape index (κ2) is 9.56. The van der Waals surface area contributed by atoms with Gasteiger partial charge >= 0.3 is 12.0 Å². The molecule has 6 nitrogen and oxygen atoms in total. The molecule has 1 atom stereocenters. The molecular formula is C21H31N3O3S. The van der Waals surface area contributed by atoms with E-state index in [0.29, 0.717) is 31.3 Å². The van der Waals surface area contributed by atoms with Crippen LogP contribution in [0.5, 0.6) is 0 Å². The van der Waals surface area contributed by atoms with E-state index < -0.39 is 6.04 Å². The number of nitrogens with one attached hydrogen (secondary N) is 1. The van der Waals surface area contributed by atoms with Crippen molar-refractivity contribution in [3.63, 3.8) is 0 Å². The van der Waals surface area contributed by atoms with E-state index in [0.717, 1.165) is 11.3 Å². The molecule has 154 valence electrons. The molecule has 2 heterocycles. The van der Waals surface area contributed by atoms with Crippen LogP contribution >= 0.6 is 11.3 Å². The number of nitrogens with zero attached hydrogens (tertiary/aromatic N) is 2. The lowest BCUT2D eigenvalue weighted by Crippen LogP contribution is -2.51. The molecule has 2 aliphatic rings. The van der Waals surface area contributed by atoms with E-state index in [4.69, 9.17) is 4.74 Å². The summed E-state index contributed by atoms with van der Waals surface area (Å²) >= 11 is 1.56. The van der Waals surface area contributed by atoms with Crippen molar-refractivity contribution in [2.45, 2.75) is 58.0 Å². The van der Waals surface area contributed by atoms with Crippen molar-refractivity contribution in [2.24, 2.45) is 0 Å². The number of urea groups is 1. The zero-order valence-electron chi connectivity index (χ0n) is 17.1. The first kappa shape index (κ1) is 20.9. The minimum atomic E-state index is -0.463. The Hall–Kier alpha value is -1.86. The van der Waals surface area contributed by atoms with Gasteiger partial charge in [0.2, 0.25) is 0 Å². The first-order valence-electron chi connectivity index (χ1n) is 10.3. The standard InChI is InChI=1S/C21H31N3O3S/c1-4-24-17(13-23(3)16-9-7-6-8-10-16)18(20(25)27-5-2)19(22-21(24)26)15-11-12-28-14-15/h11-12,14,16,19H,4-10,13H2,1-3H3,(H,22,26)/t19-/m1/s1. The molecule has 0 radical (unpaired) electrons. The Morgan fingerprint density at radius 2 is 2.07 bits per heavy atom. The number of hydrogen-bond donors (Lipinski definition) is 1. The first-order chi connectivity index (χ1) is 13.6. The highest BCUT2D eigenvalue weighted by molar-refractivity contribution is 7.08. The number of amides is 2.